The Morgan fingerprint density at radius 3 is 1.32 bits per heavy atom. The number of aliphatic hydroxyl groups excluding tert-OH is 7. The molecule has 1 saturated heterocycles. The summed E-state index contributed by atoms with van der Waals surface area (Å²) in [5.41, 5.74) is 0. The van der Waals surface area contributed by atoms with Crippen LogP contribution < -0.4 is 10.6 Å². The van der Waals surface area contributed by atoms with Crippen LogP contribution in [-0.2, 0) is 52.6 Å². The number of carbonyl (C=O) groups is 6. The third-order valence-corrected chi connectivity index (χ3v) is 7.51. The maximum atomic E-state index is 13.3. The summed E-state index contributed by atoms with van der Waals surface area (Å²) in [6, 6.07) is -1.96. The van der Waals surface area contributed by atoms with Gasteiger partial charge in [0.2, 0.25) is 17.7 Å². The number of hydrogen-bond donors (Lipinski definition) is 9. The van der Waals surface area contributed by atoms with Crippen molar-refractivity contribution in [1.29, 1.82) is 0 Å². The van der Waals surface area contributed by atoms with Crippen LogP contribution in [0.2, 0.25) is 0 Å². The number of ether oxygens (including phenoxy) is 4. The van der Waals surface area contributed by atoms with Gasteiger partial charge in [-0.2, -0.15) is 0 Å². The summed E-state index contributed by atoms with van der Waals surface area (Å²) < 4.78 is 21.8. The van der Waals surface area contributed by atoms with Gasteiger partial charge < -0.3 is 75.1 Å². The van der Waals surface area contributed by atoms with Gasteiger partial charge in [0.1, 0.15) is 31.4 Å². The van der Waals surface area contributed by atoms with Crippen LogP contribution in [0.5, 0.6) is 0 Å². The van der Waals surface area contributed by atoms with Crippen LogP contribution in [0.3, 0.4) is 0 Å². The zero-order valence-electron chi connectivity index (χ0n) is 29.7. The second-order valence-corrected chi connectivity index (χ2v) is 11.8. The number of hydrogen-bond acceptors (Lipinski definition) is 18. The van der Waals surface area contributed by atoms with Gasteiger partial charge in [-0.05, 0) is 6.42 Å². The molecule has 22 nitrogen and oxygen atoms in total. The number of aliphatic hydroxyl groups is 7. The molecule has 0 bridgehead atoms. The molecule has 22 heteroatoms. The predicted molar refractivity (Wildman–Crippen MR) is 176 cm³/mol. The number of carbonyl (C=O) groups excluding carboxylic acids is 6. The fourth-order valence-corrected chi connectivity index (χ4v) is 4.36. The highest BCUT2D eigenvalue weighted by molar-refractivity contribution is 6.01. The quantitative estimate of drug-likeness (QED) is 0.0307. The fraction of sp³-hybridized carbons (Fsp3) is 0.806. The molecule has 0 aromatic carbocycles. The highest BCUT2D eigenvalue weighted by Gasteiger charge is 2.33. The molecule has 1 aliphatic heterocycles. The van der Waals surface area contributed by atoms with Crippen molar-refractivity contribution in [2.24, 2.45) is 0 Å². The first kappa shape index (κ1) is 47.6. The van der Waals surface area contributed by atoms with Gasteiger partial charge in [0.05, 0.1) is 97.3 Å². The molecule has 1 aliphatic rings. The molecule has 0 radical (unpaired) electrons. The molecule has 53 heavy (non-hydrogen) atoms. The van der Waals surface area contributed by atoms with Crippen LogP contribution in [0.4, 0.5) is 0 Å². The Kier molecular flexibility index (Phi) is 24.4. The predicted octanol–water partition coefficient (Wildman–Crippen LogP) is -5.93. The van der Waals surface area contributed by atoms with Crippen molar-refractivity contribution in [1.82, 2.24) is 20.6 Å². The van der Waals surface area contributed by atoms with E-state index in [0.717, 1.165) is 4.90 Å². The summed E-state index contributed by atoms with van der Waals surface area (Å²) in [4.78, 5) is 81.4. The molecule has 0 aromatic heterocycles. The molecule has 0 saturated carbocycles. The van der Waals surface area contributed by atoms with Crippen LogP contribution >= 0.6 is 0 Å². The summed E-state index contributed by atoms with van der Waals surface area (Å²) >= 11 is 0. The first-order valence-electron chi connectivity index (χ1n) is 17.0. The van der Waals surface area contributed by atoms with E-state index in [1.165, 1.54) is 0 Å². The van der Waals surface area contributed by atoms with E-state index >= 15 is 0 Å². The third-order valence-electron chi connectivity index (χ3n) is 7.51. The van der Waals surface area contributed by atoms with Crippen LogP contribution in [0, 0.1) is 0 Å². The minimum absolute atomic E-state index is 0.155. The molecular formula is C31H54N4O18. The van der Waals surface area contributed by atoms with Crippen molar-refractivity contribution in [2.45, 2.75) is 75.5 Å². The Labute approximate surface area is 305 Å². The standard InChI is InChI=1S/C31H54N4O18/c1-2-22(9-36)49-16-20(17-50-23(10-37)11-38)32-26(43)7-34(28(45)5-6-31(48)53-35-29(46)3-4-30(35)47)8-27(44)33-21(18-51-24(12-39)13-40)19-52-25(14-41)15-42/h20-25,36-42H,2-19H2,1H3,(H,32,43)(H,33,44). The first-order valence-corrected chi connectivity index (χ1v) is 17.0. The molecule has 1 heterocycles. The van der Waals surface area contributed by atoms with Gasteiger partial charge >= 0.3 is 5.97 Å². The monoisotopic (exact) mass is 770 g/mol. The number of nitrogens with zero attached hydrogens (tertiary/aromatic N) is 2. The lowest BCUT2D eigenvalue weighted by molar-refractivity contribution is -0.197. The molecule has 0 aromatic rings. The molecule has 0 spiro atoms. The Balaban J connectivity index is 3.16. The lowest BCUT2D eigenvalue weighted by atomic mass is 10.2. The van der Waals surface area contributed by atoms with Crippen LogP contribution in [0.1, 0.15) is 39.0 Å². The lowest BCUT2D eigenvalue weighted by Crippen LogP contribution is -2.52. The highest BCUT2D eigenvalue weighted by atomic mass is 16.7. The third kappa shape index (κ3) is 19.0. The van der Waals surface area contributed by atoms with Gasteiger partial charge in [-0.3, -0.25) is 24.0 Å². The molecule has 2 unspecified atom stereocenters. The Bertz CT molecular complexity index is 1020. The topological polar surface area (TPSA) is 321 Å². The minimum atomic E-state index is -1.11. The molecule has 0 aliphatic carbocycles. The average Bonchev–Trinajstić information content (AvgIpc) is 3.46. The average molecular weight is 771 g/mol. The van der Waals surface area contributed by atoms with Crippen LogP contribution in [-0.4, -0.2) is 203 Å². The minimum Gasteiger partial charge on any atom is -0.394 e. The van der Waals surface area contributed by atoms with E-state index in [9.17, 15) is 64.5 Å². The lowest BCUT2D eigenvalue weighted by Gasteiger charge is -2.27. The molecule has 2 atom stereocenters. The smallest absolute Gasteiger partial charge is 0.333 e. The van der Waals surface area contributed by atoms with Crippen molar-refractivity contribution in [3.05, 3.63) is 0 Å². The molecule has 306 valence electrons. The van der Waals surface area contributed by atoms with E-state index in [-0.39, 0.29) is 45.9 Å². The van der Waals surface area contributed by atoms with Gasteiger partial charge in [0.15, 0.2) is 0 Å². The maximum absolute atomic E-state index is 13.3. The van der Waals surface area contributed by atoms with Crippen molar-refractivity contribution in [3.63, 3.8) is 0 Å². The van der Waals surface area contributed by atoms with Crippen molar-refractivity contribution >= 4 is 35.5 Å². The summed E-state index contributed by atoms with van der Waals surface area (Å²) in [5.74, 6) is -5.22. The van der Waals surface area contributed by atoms with E-state index in [1.54, 1.807) is 6.92 Å². The van der Waals surface area contributed by atoms with Gasteiger partial charge in [-0.1, -0.05) is 6.92 Å². The number of nitrogens with one attached hydrogen (secondary N) is 2. The van der Waals surface area contributed by atoms with Crippen LogP contribution in [0.15, 0.2) is 0 Å². The summed E-state index contributed by atoms with van der Waals surface area (Å²) in [6.45, 7) is -4.62. The largest absolute Gasteiger partial charge is 0.394 e. The molecular weight excluding hydrogens is 716 g/mol. The second kappa shape index (κ2) is 27.2. The van der Waals surface area contributed by atoms with Gasteiger partial charge in [0, 0.05) is 19.3 Å². The number of imide groups is 1. The van der Waals surface area contributed by atoms with Crippen molar-refractivity contribution in [3.8, 4) is 0 Å². The summed E-state index contributed by atoms with van der Waals surface area (Å²) in [6.07, 6.45) is -4.80. The molecule has 5 amide bonds. The van der Waals surface area contributed by atoms with Gasteiger partial charge in [-0.15, -0.1) is 5.06 Å². The summed E-state index contributed by atoms with van der Waals surface area (Å²) in [7, 11) is 0. The van der Waals surface area contributed by atoms with E-state index in [2.05, 4.69) is 10.6 Å². The maximum Gasteiger partial charge on any atom is 0.333 e. The van der Waals surface area contributed by atoms with Crippen molar-refractivity contribution < 1.29 is 88.3 Å². The molecule has 1 rings (SSSR count). The van der Waals surface area contributed by atoms with E-state index < -0.39 is 138 Å². The van der Waals surface area contributed by atoms with E-state index in [1.807, 2.05) is 0 Å². The van der Waals surface area contributed by atoms with E-state index in [4.69, 9.17) is 23.8 Å². The Morgan fingerprint density at radius 2 is 0.981 bits per heavy atom. The van der Waals surface area contributed by atoms with E-state index in [0.29, 0.717) is 11.5 Å². The fourth-order valence-electron chi connectivity index (χ4n) is 4.36. The highest BCUT2D eigenvalue weighted by Crippen LogP contribution is 2.13. The molecule has 1 fully saturated rings. The SMILES string of the molecule is CCC(CO)OCC(COC(CO)CO)NC(=O)CN(CC(=O)NC(COC(CO)CO)COC(CO)CO)C(=O)CCC(=O)ON1C(=O)CCC1=O. The Morgan fingerprint density at radius 1 is 0.623 bits per heavy atom. The normalized spacial score (nSPS) is 14.4. The zero-order chi connectivity index (χ0) is 39.8. The van der Waals surface area contributed by atoms with Gasteiger partial charge in [-0.25, -0.2) is 4.79 Å². The Hall–Kier alpha value is -3.42. The van der Waals surface area contributed by atoms with Gasteiger partial charge in [0.25, 0.3) is 11.8 Å². The van der Waals surface area contributed by atoms with Crippen LogP contribution in [0.25, 0.3) is 0 Å². The number of amides is 5. The molecule has 9 N–H and O–H groups in total. The number of hydroxylamine groups is 2. The summed E-state index contributed by atoms with van der Waals surface area (Å²) in [5, 5.41) is 70.9. The second-order valence-electron chi connectivity index (χ2n) is 11.8. The van der Waals surface area contributed by atoms with Crippen molar-refractivity contribution in [2.75, 3.05) is 85.8 Å². The number of rotatable bonds is 30. The first-order chi connectivity index (χ1) is 25.4. The zero-order valence-corrected chi connectivity index (χ0v) is 29.7.